The maximum absolute atomic E-state index is 13.0. The maximum Gasteiger partial charge on any atom is 0.315 e. The minimum Gasteiger partial charge on any atom is -0.466 e. The van der Waals surface area contributed by atoms with Gasteiger partial charge in [-0.15, -0.1) is 0 Å². The van der Waals surface area contributed by atoms with E-state index in [-0.39, 0.29) is 47.7 Å². The summed E-state index contributed by atoms with van der Waals surface area (Å²) in [4.78, 5) is 24.8. The molecule has 1 aliphatic rings. The van der Waals surface area contributed by atoms with Crippen LogP contribution in [0, 0.1) is 29.1 Å². The van der Waals surface area contributed by atoms with Crippen molar-refractivity contribution in [3.63, 3.8) is 0 Å². The molecule has 198 valence electrons. The predicted molar refractivity (Wildman–Crippen MR) is 141 cm³/mol. The first kappa shape index (κ1) is 29.4. The number of aliphatic hydroxyl groups excluding tert-OH is 1. The Morgan fingerprint density at radius 1 is 1.20 bits per heavy atom. The molecule has 1 aliphatic carbocycles. The van der Waals surface area contributed by atoms with Crippen LogP contribution < -0.4 is 10.6 Å². The van der Waals surface area contributed by atoms with Gasteiger partial charge in [0.25, 0.3) is 0 Å². The summed E-state index contributed by atoms with van der Waals surface area (Å²) in [6.45, 7) is 15.3. The molecule has 2 atom stereocenters. The largest absolute Gasteiger partial charge is 0.466 e. The van der Waals surface area contributed by atoms with Crippen LogP contribution in [0.3, 0.4) is 0 Å². The second-order valence-corrected chi connectivity index (χ2v) is 12.1. The molecule has 0 saturated heterocycles. The van der Waals surface area contributed by atoms with Crippen LogP contribution in [0.5, 0.6) is 0 Å². The number of hydrogen-bond donors (Lipinski definition) is 3. The van der Waals surface area contributed by atoms with Crippen molar-refractivity contribution in [3.05, 3.63) is 34.3 Å². The molecule has 1 saturated carbocycles. The lowest BCUT2D eigenvalue weighted by atomic mass is 9.74. The SMILES string of the molecule is CCOC(=O)C1CC(CNC(=O)NC(C)(c2ccc(CCC(C)(C)C)c(Cl)c2)[C@H](CO)C(C)C)C1. The fourth-order valence-electron chi connectivity index (χ4n) is 4.89. The summed E-state index contributed by atoms with van der Waals surface area (Å²) in [6, 6.07) is 5.70. The Labute approximate surface area is 216 Å². The Balaban J connectivity index is 2.11. The molecular formula is C28H45ClN2O4. The van der Waals surface area contributed by atoms with Crippen molar-refractivity contribution >= 4 is 23.6 Å². The first-order valence-electron chi connectivity index (χ1n) is 12.9. The highest BCUT2D eigenvalue weighted by atomic mass is 35.5. The second kappa shape index (κ2) is 12.4. The van der Waals surface area contributed by atoms with Gasteiger partial charge < -0.3 is 20.5 Å². The maximum atomic E-state index is 13.0. The number of aliphatic hydroxyl groups is 1. The van der Waals surface area contributed by atoms with Crippen LogP contribution in [-0.4, -0.2) is 36.9 Å². The molecule has 0 aromatic heterocycles. The number of rotatable bonds is 11. The predicted octanol–water partition coefficient (Wildman–Crippen LogP) is 5.69. The molecule has 3 N–H and O–H groups in total. The van der Waals surface area contributed by atoms with E-state index in [0.717, 1.165) is 36.8 Å². The third-order valence-corrected chi connectivity index (χ3v) is 7.67. The van der Waals surface area contributed by atoms with Gasteiger partial charge in [0.1, 0.15) is 0 Å². The van der Waals surface area contributed by atoms with E-state index in [1.54, 1.807) is 6.92 Å². The van der Waals surface area contributed by atoms with E-state index < -0.39 is 5.54 Å². The zero-order valence-electron chi connectivity index (χ0n) is 22.5. The quantitative estimate of drug-likeness (QED) is 0.335. The monoisotopic (exact) mass is 508 g/mol. The van der Waals surface area contributed by atoms with Crippen molar-refractivity contribution in [2.75, 3.05) is 19.8 Å². The number of nitrogens with one attached hydrogen (secondary N) is 2. The van der Waals surface area contributed by atoms with Crippen molar-refractivity contribution in [1.29, 1.82) is 0 Å². The summed E-state index contributed by atoms with van der Waals surface area (Å²) >= 11 is 6.69. The van der Waals surface area contributed by atoms with Gasteiger partial charge in [-0.2, -0.15) is 0 Å². The lowest BCUT2D eigenvalue weighted by Gasteiger charge is -2.41. The molecule has 1 fully saturated rings. The van der Waals surface area contributed by atoms with E-state index in [0.29, 0.717) is 18.2 Å². The van der Waals surface area contributed by atoms with E-state index in [1.807, 2.05) is 39.0 Å². The van der Waals surface area contributed by atoms with Crippen LogP contribution in [0.15, 0.2) is 18.2 Å². The smallest absolute Gasteiger partial charge is 0.315 e. The number of urea groups is 1. The molecule has 0 aliphatic heterocycles. The van der Waals surface area contributed by atoms with E-state index >= 15 is 0 Å². The van der Waals surface area contributed by atoms with Gasteiger partial charge in [-0.05, 0) is 74.0 Å². The number of aryl methyl sites for hydroxylation is 1. The highest BCUT2D eigenvalue weighted by Gasteiger charge is 2.40. The molecule has 0 bridgehead atoms. The third kappa shape index (κ3) is 8.11. The van der Waals surface area contributed by atoms with Gasteiger partial charge >= 0.3 is 12.0 Å². The molecule has 6 nitrogen and oxygen atoms in total. The molecule has 0 radical (unpaired) electrons. The average Bonchev–Trinajstić information content (AvgIpc) is 2.71. The van der Waals surface area contributed by atoms with Gasteiger partial charge in [-0.3, -0.25) is 4.79 Å². The minimum atomic E-state index is -0.813. The van der Waals surface area contributed by atoms with E-state index in [2.05, 4.69) is 31.4 Å². The van der Waals surface area contributed by atoms with Crippen molar-refractivity contribution in [2.45, 2.75) is 79.7 Å². The number of benzene rings is 1. The van der Waals surface area contributed by atoms with Gasteiger partial charge in [0, 0.05) is 24.1 Å². The Bertz CT molecular complexity index is 861. The number of hydrogen-bond acceptors (Lipinski definition) is 4. The second-order valence-electron chi connectivity index (χ2n) is 11.7. The van der Waals surface area contributed by atoms with E-state index in [4.69, 9.17) is 16.3 Å². The molecule has 2 rings (SSSR count). The first-order chi connectivity index (χ1) is 16.3. The first-order valence-corrected chi connectivity index (χ1v) is 13.3. The molecule has 1 aromatic carbocycles. The topological polar surface area (TPSA) is 87.7 Å². The van der Waals surface area contributed by atoms with Gasteiger partial charge in [0.15, 0.2) is 0 Å². The lowest BCUT2D eigenvalue weighted by Crippen LogP contribution is -2.55. The highest BCUT2D eigenvalue weighted by molar-refractivity contribution is 6.31. The molecule has 7 heteroatoms. The van der Waals surface area contributed by atoms with Crippen LogP contribution in [-0.2, 0) is 21.5 Å². The van der Waals surface area contributed by atoms with E-state index in [1.165, 1.54) is 0 Å². The van der Waals surface area contributed by atoms with Crippen molar-refractivity contribution < 1.29 is 19.4 Å². The number of halogens is 1. The Hall–Kier alpha value is -1.79. The number of carbonyl (C=O) groups is 2. The summed E-state index contributed by atoms with van der Waals surface area (Å²) < 4.78 is 5.07. The van der Waals surface area contributed by atoms with Crippen LogP contribution >= 0.6 is 11.6 Å². The Kier molecular flexibility index (Phi) is 10.5. The molecule has 1 aromatic rings. The summed E-state index contributed by atoms with van der Waals surface area (Å²) in [7, 11) is 0. The average molecular weight is 509 g/mol. The van der Waals surface area contributed by atoms with Crippen LogP contribution in [0.25, 0.3) is 0 Å². The molecular weight excluding hydrogens is 464 g/mol. The molecule has 2 amide bonds. The minimum absolute atomic E-state index is 0.0614. The number of amides is 2. The van der Waals surface area contributed by atoms with Gasteiger partial charge in [-0.25, -0.2) is 4.79 Å². The van der Waals surface area contributed by atoms with Crippen molar-refractivity contribution in [3.8, 4) is 0 Å². The Morgan fingerprint density at radius 3 is 2.37 bits per heavy atom. The molecule has 0 spiro atoms. The third-order valence-electron chi connectivity index (χ3n) is 7.32. The summed E-state index contributed by atoms with van der Waals surface area (Å²) in [5.74, 6) is -0.0278. The van der Waals surface area contributed by atoms with Crippen molar-refractivity contribution in [2.24, 2.45) is 29.1 Å². The normalized spacial score (nSPS) is 20.5. The number of ether oxygens (including phenoxy) is 1. The summed E-state index contributed by atoms with van der Waals surface area (Å²) in [5, 5.41) is 17.0. The van der Waals surface area contributed by atoms with Gasteiger partial charge in [0.05, 0.1) is 18.1 Å². The van der Waals surface area contributed by atoms with Crippen LogP contribution in [0.1, 0.15) is 78.9 Å². The zero-order valence-corrected chi connectivity index (χ0v) is 23.3. The highest BCUT2D eigenvalue weighted by Crippen LogP contribution is 2.37. The number of esters is 1. The van der Waals surface area contributed by atoms with Gasteiger partial charge in [-0.1, -0.05) is 58.4 Å². The fourth-order valence-corrected chi connectivity index (χ4v) is 5.17. The Morgan fingerprint density at radius 2 is 1.86 bits per heavy atom. The van der Waals surface area contributed by atoms with Crippen LogP contribution in [0.4, 0.5) is 4.79 Å². The van der Waals surface area contributed by atoms with Crippen LogP contribution in [0.2, 0.25) is 5.02 Å². The zero-order chi connectivity index (χ0) is 26.4. The summed E-state index contributed by atoms with van der Waals surface area (Å²) in [5.41, 5.74) is 1.36. The molecule has 1 unspecified atom stereocenters. The van der Waals surface area contributed by atoms with Gasteiger partial charge in [0.2, 0.25) is 0 Å². The van der Waals surface area contributed by atoms with Crippen molar-refractivity contribution in [1.82, 2.24) is 10.6 Å². The molecule has 35 heavy (non-hydrogen) atoms. The number of carbonyl (C=O) groups excluding carboxylic acids is 2. The fraction of sp³-hybridized carbons (Fsp3) is 0.714. The molecule has 0 heterocycles. The standard InChI is InChI=1S/C28H45ClN2O4/c1-8-35-25(33)21-13-19(14-21)16-30-26(34)31-28(7,23(17-32)18(2)3)22-10-9-20(24(29)15-22)11-12-27(4,5)6/h9-10,15,18-19,21,23,32H,8,11-14,16-17H2,1-7H3,(H2,30,31,34)/t19?,21?,23-,28?/m1/s1. The van der Waals surface area contributed by atoms with E-state index in [9.17, 15) is 14.7 Å². The summed E-state index contributed by atoms with van der Waals surface area (Å²) in [6.07, 6.45) is 3.36. The lowest BCUT2D eigenvalue weighted by molar-refractivity contribution is -0.152.